The number of non-ortho nitro benzene ring substituents is 1. The maximum absolute atomic E-state index is 12.9. The number of thioether (sulfide) groups is 1. The Morgan fingerprint density at radius 3 is 2.83 bits per heavy atom. The Morgan fingerprint density at radius 1 is 1.22 bits per heavy atom. The smallest absolute Gasteiger partial charge is 0.271 e. The summed E-state index contributed by atoms with van der Waals surface area (Å²) < 4.78 is 0. The molecule has 2 aromatic carbocycles. The van der Waals surface area contributed by atoms with Crippen LogP contribution in [0.15, 0.2) is 47.4 Å². The number of rotatable bonds is 2. The minimum Gasteiger partial charge on any atom is -0.311 e. The molecule has 1 amide bonds. The number of hydrogen-bond acceptors (Lipinski definition) is 4. The fraction of sp³-hybridized carbons (Fsp3) is 0.235. The predicted octanol–water partition coefficient (Wildman–Crippen LogP) is 3.20. The molecule has 0 bridgehead atoms. The van der Waals surface area contributed by atoms with Crippen LogP contribution in [0.1, 0.15) is 11.1 Å². The van der Waals surface area contributed by atoms with Crippen LogP contribution in [-0.4, -0.2) is 22.6 Å². The number of nitrogens with zero attached hydrogens (tertiary/aromatic N) is 2. The first-order chi connectivity index (χ1) is 11.1. The van der Waals surface area contributed by atoms with Crippen LogP contribution in [0.4, 0.5) is 11.4 Å². The van der Waals surface area contributed by atoms with Gasteiger partial charge < -0.3 is 4.90 Å². The van der Waals surface area contributed by atoms with E-state index in [1.807, 2.05) is 18.2 Å². The molecular formula is C17H14N2O3S. The zero-order valence-corrected chi connectivity index (χ0v) is 13.1. The highest BCUT2D eigenvalue weighted by atomic mass is 32.2. The molecule has 5 nitrogen and oxygen atoms in total. The summed E-state index contributed by atoms with van der Waals surface area (Å²) in [7, 11) is 0. The van der Waals surface area contributed by atoms with Crippen LogP contribution in [0, 0.1) is 10.1 Å². The first-order valence-electron chi connectivity index (χ1n) is 7.47. The summed E-state index contributed by atoms with van der Waals surface area (Å²) in [6.45, 7) is 0.600. The number of hydrogen-bond donors (Lipinski definition) is 0. The van der Waals surface area contributed by atoms with Crippen molar-refractivity contribution in [2.45, 2.75) is 23.0 Å². The van der Waals surface area contributed by atoms with Crippen LogP contribution in [-0.2, 0) is 17.6 Å². The van der Waals surface area contributed by atoms with Gasteiger partial charge in [-0.25, -0.2) is 0 Å². The Kier molecular flexibility index (Phi) is 3.34. The monoisotopic (exact) mass is 326 g/mol. The quantitative estimate of drug-likeness (QED) is 0.628. The number of benzene rings is 2. The topological polar surface area (TPSA) is 63.5 Å². The van der Waals surface area contributed by atoms with Crippen LogP contribution in [0.5, 0.6) is 0 Å². The molecule has 1 atom stereocenters. The fourth-order valence-corrected chi connectivity index (χ4v) is 4.46. The van der Waals surface area contributed by atoms with E-state index < -0.39 is 4.92 Å². The number of nitro benzene ring substituents is 1. The van der Waals surface area contributed by atoms with Crippen molar-refractivity contribution in [1.82, 2.24) is 0 Å². The molecule has 23 heavy (non-hydrogen) atoms. The van der Waals surface area contributed by atoms with Crippen molar-refractivity contribution in [2.24, 2.45) is 0 Å². The van der Waals surface area contributed by atoms with Crippen LogP contribution >= 0.6 is 11.8 Å². The number of nitro groups is 1. The third-order valence-corrected chi connectivity index (χ3v) is 5.67. The van der Waals surface area contributed by atoms with Crippen molar-refractivity contribution in [3.8, 4) is 0 Å². The van der Waals surface area contributed by atoms with Gasteiger partial charge in [-0.2, -0.15) is 0 Å². The van der Waals surface area contributed by atoms with Crippen molar-refractivity contribution in [1.29, 1.82) is 0 Å². The van der Waals surface area contributed by atoms with Gasteiger partial charge in [0.1, 0.15) is 0 Å². The number of carbonyl (C=O) groups is 1. The van der Waals surface area contributed by atoms with Crippen molar-refractivity contribution in [3.05, 3.63) is 63.7 Å². The molecule has 116 valence electrons. The summed E-state index contributed by atoms with van der Waals surface area (Å²) >= 11 is 1.59. The first kappa shape index (κ1) is 14.3. The second-order valence-corrected chi connectivity index (χ2v) is 6.97. The van der Waals surface area contributed by atoms with Crippen LogP contribution in [0.3, 0.4) is 0 Å². The molecule has 1 unspecified atom stereocenters. The molecule has 6 heteroatoms. The molecule has 0 aliphatic carbocycles. The van der Waals surface area contributed by atoms with E-state index in [2.05, 4.69) is 6.07 Å². The van der Waals surface area contributed by atoms with Gasteiger partial charge in [0.25, 0.3) is 5.69 Å². The Balaban J connectivity index is 1.61. The number of amides is 1. The van der Waals surface area contributed by atoms with Crippen LogP contribution in [0.2, 0.25) is 0 Å². The molecule has 0 spiro atoms. The van der Waals surface area contributed by atoms with Crippen molar-refractivity contribution < 1.29 is 9.72 Å². The first-order valence-corrected chi connectivity index (χ1v) is 8.35. The molecular weight excluding hydrogens is 312 g/mol. The lowest BCUT2D eigenvalue weighted by Crippen LogP contribution is -2.36. The fourth-order valence-electron chi connectivity index (χ4n) is 3.20. The highest BCUT2D eigenvalue weighted by Crippen LogP contribution is 2.40. The van der Waals surface area contributed by atoms with Gasteiger partial charge in [-0.3, -0.25) is 14.9 Å². The molecule has 2 aliphatic heterocycles. The highest BCUT2D eigenvalue weighted by molar-refractivity contribution is 8.01. The highest BCUT2D eigenvalue weighted by Gasteiger charge is 2.35. The van der Waals surface area contributed by atoms with Gasteiger partial charge in [0.05, 0.1) is 15.9 Å². The molecule has 4 rings (SSSR count). The van der Waals surface area contributed by atoms with Crippen molar-refractivity contribution in [3.63, 3.8) is 0 Å². The van der Waals surface area contributed by atoms with Gasteiger partial charge in [0.2, 0.25) is 5.91 Å². The summed E-state index contributed by atoms with van der Waals surface area (Å²) in [5.74, 6) is 0.0467. The minimum absolute atomic E-state index is 0.0332. The van der Waals surface area contributed by atoms with E-state index in [0.717, 1.165) is 23.3 Å². The molecule has 0 N–H and O–H groups in total. The maximum Gasteiger partial charge on any atom is 0.271 e. The molecule has 2 aliphatic rings. The molecule has 0 saturated carbocycles. The second kappa shape index (κ2) is 5.38. The lowest BCUT2D eigenvalue weighted by molar-refractivity contribution is -0.384. The largest absolute Gasteiger partial charge is 0.311 e. The van der Waals surface area contributed by atoms with Crippen molar-refractivity contribution >= 4 is 29.0 Å². The number of anilines is 1. The molecule has 0 fully saturated rings. The molecule has 0 saturated heterocycles. The molecule has 2 aromatic rings. The minimum atomic E-state index is -0.415. The van der Waals surface area contributed by atoms with E-state index in [-0.39, 0.29) is 16.8 Å². The van der Waals surface area contributed by atoms with Gasteiger partial charge in [-0.1, -0.05) is 24.3 Å². The van der Waals surface area contributed by atoms with Crippen LogP contribution < -0.4 is 4.90 Å². The average Bonchev–Trinajstić information content (AvgIpc) is 3.17. The molecule has 2 heterocycles. The van der Waals surface area contributed by atoms with Gasteiger partial charge in [-0.05, 0) is 30.0 Å². The Labute approximate surface area is 137 Å². The third kappa shape index (κ3) is 2.39. The zero-order valence-electron chi connectivity index (χ0n) is 12.3. The van der Waals surface area contributed by atoms with Gasteiger partial charge >= 0.3 is 0 Å². The number of carbonyl (C=O) groups excluding carboxylic acids is 1. The second-order valence-electron chi connectivity index (χ2n) is 5.73. The Hall–Kier alpha value is -2.34. The van der Waals surface area contributed by atoms with E-state index in [9.17, 15) is 14.9 Å². The normalized spacial score (nSPS) is 18.6. The van der Waals surface area contributed by atoms with Crippen molar-refractivity contribution in [2.75, 3.05) is 11.4 Å². The Bertz CT molecular complexity index is 796. The van der Waals surface area contributed by atoms with E-state index in [0.29, 0.717) is 12.2 Å². The van der Waals surface area contributed by atoms with Gasteiger partial charge in [0.15, 0.2) is 0 Å². The maximum atomic E-state index is 12.9. The summed E-state index contributed by atoms with van der Waals surface area (Å²) in [6, 6.07) is 12.8. The van der Waals surface area contributed by atoms with E-state index >= 15 is 0 Å². The predicted molar refractivity (Wildman–Crippen MR) is 88.9 cm³/mol. The summed E-state index contributed by atoms with van der Waals surface area (Å²) in [6.07, 6.45) is 1.48. The third-order valence-electron chi connectivity index (χ3n) is 4.36. The van der Waals surface area contributed by atoms with E-state index in [1.54, 1.807) is 22.7 Å². The SMILES string of the molecule is O=C(C1Cc2ccccc2S1)N1CCc2ccc([N+](=O)[O-])cc21. The summed E-state index contributed by atoms with van der Waals surface area (Å²) in [5, 5.41) is 10.8. The van der Waals surface area contributed by atoms with E-state index in [4.69, 9.17) is 0 Å². The van der Waals surface area contributed by atoms with Gasteiger partial charge in [-0.15, -0.1) is 11.8 Å². The average molecular weight is 326 g/mol. The molecule has 0 aromatic heterocycles. The molecule has 0 radical (unpaired) electrons. The van der Waals surface area contributed by atoms with Gasteiger partial charge in [0, 0.05) is 23.6 Å². The summed E-state index contributed by atoms with van der Waals surface area (Å²) in [5.41, 5.74) is 2.94. The summed E-state index contributed by atoms with van der Waals surface area (Å²) in [4.78, 5) is 26.3. The van der Waals surface area contributed by atoms with E-state index in [1.165, 1.54) is 17.7 Å². The zero-order chi connectivity index (χ0) is 16.0. The lowest BCUT2D eigenvalue weighted by Gasteiger charge is -2.20. The Morgan fingerprint density at radius 2 is 2.04 bits per heavy atom. The number of fused-ring (bicyclic) bond motifs is 2. The standard InChI is InChI=1S/C17H14N2O3S/c20-17(16-9-12-3-1-2-4-15(12)23-16)18-8-7-11-5-6-13(19(21)22)10-14(11)18/h1-6,10,16H,7-9H2. The van der Waals surface area contributed by atoms with Crippen LogP contribution in [0.25, 0.3) is 0 Å². The lowest BCUT2D eigenvalue weighted by atomic mass is 10.1.